The van der Waals surface area contributed by atoms with Gasteiger partial charge in [0.05, 0.1) is 12.2 Å². The van der Waals surface area contributed by atoms with Crippen LogP contribution in [0, 0.1) is 12.8 Å². The third-order valence-corrected chi connectivity index (χ3v) is 4.18. The van der Waals surface area contributed by atoms with Crippen molar-refractivity contribution in [2.45, 2.75) is 27.2 Å². The summed E-state index contributed by atoms with van der Waals surface area (Å²) in [6.07, 6.45) is 0.608. The fourth-order valence-electron chi connectivity index (χ4n) is 2.58. The van der Waals surface area contributed by atoms with Crippen molar-refractivity contribution in [3.63, 3.8) is 0 Å². The van der Waals surface area contributed by atoms with Gasteiger partial charge in [-0.3, -0.25) is 9.59 Å². The average molecular weight is 404 g/mol. The fourth-order valence-corrected chi connectivity index (χ4v) is 2.69. The van der Waals surface area contributed by atoms with Gasteiger partial charge in [-0.1, -0.05) is 43.6 Å². The molecule has 2 amide bonds. The first-order chi connectivity index (χ1) is 13.4. The van der Waals surface area contributed by atoms with E-state index >= 15 is 0 Å². The first-order valence-electron chi connectivity index (χ1n) is 9.21. The lowest BCUT2D eigenvalue weighted by Crippen LogP contribution is -2.30. The fraction of sp³-hybridized carbons (Fsp3) is 0.381. The van der Waals surface area contributed by atoms with Crippen LogP contribution in [0.25, 0.3) is 0 Å². The Hall–Kier alpha value is -2.44. The van der Waals surface area contributed by atoms with Crippen LogP contribution in [0.5, 0.6) is 0 Å². The maximum absolute atomic E-state index is 12.9. The minimum absolute atomic E-state index is 0.123. The number of para-hydroxylation sites is 1. The van der Waals surface area contributed by atoms with Crippen molar-refractivity contribution in [3.05, 3.63) is 58.9 Å². The lowest BCUT2D eigenvalue weighted by atomic mass is 10.1. The smallest absolute Gasteiger partial charge is 0.270 e. The van der Waals surface area contributed by atoms with Crippen LogP contribution in [0.15, 0.2) is 36.4 Å². The number of benzene rings is 1. The molecule has 7 heteroatoms. The van der Waals surface area contributed by atoms with Crippen molar-refractivity contribution in [1.82, 2.24) is 10.3 Å². The monoisotopic (exact) mass is 403 g/mol. The Morgan fingerprint density at radius 2 is 1.89 bits per heavy atom. The SMILES string of the molecule is Cc1ccc(C(=O)Nc2ccccc2CCOCCl)c(C(=O)NCC(C)C)n1. The molecule has 0 aliphatic carbocycles. The van der Waals surface area contributed by atoms with Crippen LogP contribution in [-0.4, -0.2) is 36.0 Å². The van der Waals surface area contributed by atoms with Crippen molar-refractivity contribution < 1.29 is 14.3 Å². The highest BCUT2D eigenvalue weighted by Gasteiger charge is 2.20. The molecule has 6 nitrogen and oxygen atoms in total. The van der Waals surface area contributed by atoms with E-state index in [2.05, 4.69) is 15.6 Å². The van der Waals surface area contributed by atoms with Gasteiger partial charge in [0.25, 0.3) is 11.8 Å². The summed E-state index contributed by atoms with van der Waals surface area (Å²) >= 11 is 5.54. The molecule has 2 N–H and O–H groups in total. The standard InChI is InChI=1S/C21H26ClN3O3/c1-14(2)12-23-21(27)19-17(9-8-15(3)24-19)20(26)25-18-7-5-4-6-16(18)10-11-28-13-22/h4-9,14H,10-13H2,1-3H3,(H,23,27)(H,25,26). The number of hydrogen-bond donors (Lipinski definition) is 2. The van der Waals surface area contributed by atoms with E-state index in [0.29, 0.717) is 36.9 Å². The van der Waals surface area contributed by atoms with E-state index in [9.17, 15) is 9.59 Å². The largest absolute Gasteiger partial charge is 0.365 e. The number of hydrogen-bond acceptors (Lipinski definition) is 4. The van der Waals surface area contributed by atoms with Crippen LogP contribution in [0.1, 0.15) is 46.0 Å². The van der Waals surface area contributed by atoms with Crippen molar-refractivity contribution >= 4 is 29.1 Å². The summed E-state index contributed by atoms with van der Waals surface area (Å²) in [7, 11) is 0. The zero-order chi connectivity index (χ0) is 20.5. The number of carbonyl (C=O) groups excluding carboxylic acids is 2. The van der Waals surface area contributed by atoms with Gasteiger partial charge in [-0.15, -0.1) is 0 Å². The van der Waals surface area contributed by atoms with E-state index in [0.717, 1.165) is 5.56 Å². The first-order valence-corrected chi connectivity index (χ1v) is 9.74. The normalized spacial score (nSPS) is 10.8. The molecule has 1 aromatic carbocycles. The Labute approximate surface area is 170 Å². The molecule has 0 atom stereocenters. The van der Waals surface area contributed by atoms with Gasteiger partial charge >= 0.3 is 0 Å². The predicted octanol–water partition coefficient (Wildman–Crippen LogP) is 3.78. The number of aromatic nitrogens is 1. The lowest BCUT2D eigenvalue weighted by Gasteiger charge is -2.14. The van der Waals surface area contributed by atoms with Gasteiger partial charge in [0.15, 0.2) is 0 Å². The summed E-state index contributed by atoms with van der Waals surface area (Å²) in [5.74, 6) is -0.438. The van der Waals surface area contributed by atoms with Crippen LogP contribution in [0.4, 0.5) is 5.69 Å². The number of anilines is 1. The lowest BCUT2D eigenvalue weighted by molar-refractivity contribution is 0.0931. The van der Waals surface area contributed by atoms with Gasteiger partial charge in [-0.2, -0.15) is 0 Å². The molecule has 0 spiro atoms. The molecule has 0 unspecified atom stereocenters. The van der Waals surface area contributed by atoms with Gasteiger partial charge in [0.1, 0.15) is 11.8 Å². The number of amides is 2. The van der Waals surface area contributed by atoms with E-state index in [1.165, 1.54) is 0 Å². The Morgan fingerprint density at radius 1 is 1.14 bits per heavy atom. The second-order valence-corrected chi connectivity index (χ2v) is 7.05. The number of ether oxygens (including phenoxy) is 1. The molecule has 0 aliphatic rings. The van der Waals surface area contributed by atoms with E-state index in [1.807, 2.05) is 38.1 Å². The Morgan fingerprint density at radius 3 is 2.61 bits per heavy atom. The molecule has 28 heavy (non-hydrogen) atoms. The maximum Gasteiger partial charge on any atom is 0.270 e. The summed E-state index contributed by atoms with van der Waals surface area (Å²) in [4.78, 5) is 29.7. The van der Waals surface area contributed by atoms with E-state index in [1.54, 1.807) is 19.1 Å². The minimum Gasteiger partial charge on any atom is -0.365 e. The maximum atomic E-state index is 12.9. The molecule has 2 aromatic rings. The number of nitrogens with one attached hydrogen (secondary N) is 2. The summed E-state index contributed by atoms with van der Waals surface area (Å²) in [6.45, 7) is 6.75. The molecule has 0 radical (unpaired) electrons. The number of alkyl halides is 1. The quantitative estimate of drug-likeness (QED) is 0.493. The number of rotatable bonds is 9. The molecule has 0 bridgehead atoms. The Balaban J connectivity index is 2.22. The number of carbonyl (C=O) groups is 2. The topological polar surface area (TPSA) is 80.3 Å². The molecular weight excluding hydrogens is 378 g/mol. The van der Waals surface area contributed by atoms with Crippen molar-refractivity contribution in [2.75, 3.05) is 24.5 Å². The van der Waals surface area contributed by atoms with E-state index in [-0.39, 0.29) is 29.1 Å². The highest BCUT2D eigenvalue weighted by Crippen LogP contribution is 2.18. The predicted molar refractivity (Wildman–Crippen MR) is 111 cm³/mol. The highest BCUT2D eigenvalue weighted by atomic mass is 35.5. The average Bonchev–Trinajstić information content (AvgIpc) is 2.67. The third kappa shape index (κ3) is 6.32. The zero-order valence-corrected chi connectivity index (χ0v) is 17.2. The number of pyridine rings is 1. The molecule has 0 saturated heterocycles. The second-order valence-electron chi connectivity index (χ2n) is 6.83. The molecule has 0 fully saturated rings. The van der Waals surface area contributed by atoms with Gasteiger partial charge < -0.3 is 15.4 Å². The van der Waals surface area contributed by atoms with Gasteiger partial charge in [0, 0.05) is 17.9 Å². The zero-order valence-electron chi connectivity index (χ0n) is 16.4. The molecule has 0 aliphatic heterocycles. The number of aryl methyl sites for hydroxylation is 1. The Bertz CT molecular complexity index is 824. The second kappa shape index (κ2) is 10.8. The summed E-state index contributed by atoms with van der Waals surface area (Å²) in [5.41, 5.74) is 2.62. The first kappa shape index (κ1) is 21.9. The van der Waals surface area contributed by atoms with Crippen LogP contribution in [0.3, 0.4) is 0 Å². The highest BCUT2D eigenvalue weighted by molar-refractivity contribution is 6.17. The number of halogens is 1. The molecule has 1 aromatic heterocycles. The van der Waals surface area contributed by atoms with E-state index < -0.39 is 0 Å². The van der Waals surface area contributed by atoms with Gasteiger partial charge in [-0.25, -0.2) is 4.98 Å². The summed E-state index contributed by atoms with van der Waals surface area (Å²) < 4.78 is 5.18. The Kier molecular flexibility index (Phi) is 8.42. The molecule has 150 valence electrons. The van der Waals surface area contributed by atoms with Gasteiger partial charge in [0.2, 0.25) is 0 Å². The van der Waals surface area contributed by atoms with E-state index in [4.69, 9.17) is 16.3 Å². The number of nitrogens with zero attached hydrogens (tertiary/aromatic N) is 1. The van der Waals surface area contributed by atoms with Gasteiger partial charge in [-0.05, 0) is 43.0 Å². The van der Waals surface area contributed by atoms with Crippen molar-refractivity contribution in [3.8, 4) is 0 Å². The third-order valence-electron chi connectivity index (χ3n) is 4.02. The molecular formula is C21H26ClN3O3. The van der Waals surface area contributed by atoms with Crippen LogP contribution >= 0.6 is 11.6 Å². The summed E-state index contributed by atoms with van der Waals surface area (Å²) in [6, 6.07) is 10.9. The van der Waals surface area contributed by atoms with Crippen LogP contribution in [-0.2, 0) is 11.2 Å². The van der Waals surface area contributed by atoms with Crippen molar-refractivity contribution in [1.29, 1.82) is 0 Å². The van der Waals surface area contributed by atoms with Crippen molar-refractivity contribution in [2.24, 2.45) is 5.92 Å². The van der Waals surface area contributed by atoms with Crippen LogP contribution in [0.2, 0.25) is 0 Å². The summed E-state index contributed by atoms with van der Waals surface area (Å²) in [5, 5.41) is 5.71. The molecule has 1 heterocycles. The minimum atomic E-state index is -0.382. The van der Waals surface area contributed by atoms with Crippen LogP contribution < -0.4 is 10.6 Å². The molecule has 0 saturated carbocycles. The molecule has 2 rings (SSSR count).